The molecular weight excluding hydrogens is 284 g/mol. The van der Waals surface area contributed by atoms with Crippen LogP contribution in [0, 0.1) is 0 Å². The van der Waals surface area contributed by atoms with Crippen LogP contribution in [0.1, 0.15) is 17.3 Å². The van der Waals surface area contributed by atoms with Crippen LogP contribution < -0.4 is 10.1 Å². The Hall–Kier alpha value is -2.89. The van der Waals surface area contributed by atoms with Crippen LogP contribution in [0.4, 0.5) is 0 Å². The van der Waals surface area contributed by atoms with Crippen LogP contribution in [0.25, 0.3) is 0 Å². The van der Waals surface area contributed by atoms with E-state index in [9.17, 15) is 9.59 Å². The zero-order valence-electron chi connectivity index (χ0n) is 12.3. The third-order valence-electron chi connectivity index (χ3n) is 2.85. The summed E-state index contributed by atoms with van der Waals surface area (Å²) in [6, 6.07) is 12.1. The number of amides is 1. The van der Waals surface area contributed by atoms with Gasteiger partial charge in [-0.25, -0.2) is 9.78 Å². The molecule has 0 saturated carbocycles. The molecule has 1 aromatic heterocycles. The third kappa shape index (κ3) is 3.82. The Labute approximate surface area is 128 Å². The highest BCUT2D eigenvalue weighted by Gasteiger charge is 2.21. The van der Waals surface area contributed by atoms with Crippen molar-refractivity contribution in [2.75, 3.05) is 7.05 Å². The van der Waals surface area contributed by atoms with Gasteiger partial charge in [-0.1, -0.05) is 18.2 Å². The normalized spacial score (nSPS) is 11.4. The van der Waals surface area contributed by atoms with E-state index in [0.29, 0.717) is 5.75 Å². The number of nitrogens with one attached hydrogen (secondary N) is 1. The van der Waals surface area contributed by atoms with Gasteiger partial charge in [0.2, 0.25) is 5.88 Å². The van der Waals surface area contributed by atoms with E-state index in [-0.39, 0.29) is 17.4 Å². The first kappa shape index (κ1) is 15.5. The monoisotopic (exact) mass is 300 g/mol. The van der Waals surface area contributed by atoms with E-state index in [2.05, 4.69) is 10.3 Å². The number of hydrogen-bond acceptors (Lipinski definition) is 5. The minimum atomic E-state index is -0.901. The maximum Gasteiger partial charge on any atom is 0.344 e. The van der Waals surface area contributed by atoms with Crippen molar-refractivity contribution in [2.45, 2.75) is 13.0 Å². The van der Waals surface area contributed by atoms with Gasteiger partial charge >= 0.3 is 5.97 Å². The minimum absolute atomic E-state index is 0.128. The number of benzene rings is 1. The van der Waals surface area contributed by atoms with Crippen LogP contribution in [-0.4, -0.2) is 30.0 Å². The van der Waals surface area contributed by atoms with Crippen LogP contribution in [0.2, 0.25) is 0 Å². The lowest BCUT2D eigenvalue weighted by Gasteiger charge is -2.13. The second kappa shape index (κ2) is 7.21. The number of likely N-dealkylation sites (N-methyl/N-ethyl adjacent to an activating group) is 1. The van der Waals surface area contributed by atoms with Gasteiger partial charge in [-0.2, -0.15) is 0 Å². The number of rotatable bonds is 5. The van der Waals surface area contributed by atoms with E-state index in [0.717, 1.165) is 0 Å². The smallest absolute Gasteiger partial charge is 0.344 e. The largest absolute Gasteiger partial charge is 0.449 e. The lowest BCUT2D eigenvalue weighted by Crippen LogP contribution is -2.33. The van der Waals surface area contributed by atoms with Crippen molar-refractivity contribution in [3.63, 3.8) is 0 Å². The van der Waals surface area contributed by atoms with Crippen molar-refractivity contribution in [3.05, 3.63) is 54.2 Å². The van der Waals surface area contributed by atoms with Crippen molar-refractivity contribution in [2.24, 2.45) is 0 Å². The topological polar surface area (TPSA) is 77.5 Å². The molecule has 2 aromatic rings. The fourth-order valence-electron chi connectivity index (χ4n) is 1.71. The molecule has 0 aliphatic heterocycles. The van der Waals surface area contributed by atoms with Crippen molar-refractivity contribution in [1.82, 2.24) is 10.3 Å². The van der Waals surface area contributed by atoms with E-state index in [1.165, 1.54) is 26.2 Å². The lowest BCUT2D eigenvalue weighted by atomic mass is 10.2. The number of carbonyl (C=O) groups excluding carboxylic acids is 2. The molecule has 1 unspecified atom stereocenters. The molecule has 0 saturated heterocycles. The summed E-state index contributed by atoms with van der Waals surface area (Å²) in [5.74, 6) is -0.379. The van der Waals surface area contributed by atoms with E-state index in [4.69, 9.17) is 9.47 Å². The molecule has 114 valence electrons. The zero-order chi connectivity index (χ0) is 15.9. The molecule has 1 aromatic carbocycles. The Balaban J connectivity index is 2.17. The molecule has 0 fully saturated rings. The first-order valence-corrected chi connectivity index (χ1v) is 6.72. The maximum atomic E-state index is 12.2. The van der Waals surface area contributed by atoms with Crippen molar-refractivity contribution in [3.8, 4) is 11.6 Å². The van der Waals surface area contributed by atoms with Crippen molar-refractivity contribution < 1.29 is 19.1 Å². The minimum Gasteiger partial charge on any atom is -0.449 e. The summed E-state index contributed by atoms with van der Waals surface area (Å²) < 4.78 is 10.7. The lowest BCUT2D eigenvalue weighted by molar-refractivity contribution is -0.128. The van der Waals surface area contributed by atoms with Crippen molar-refractivity contribution >= 4 is 11.9 Å². The van der Waals surface area contributed by atoms with Crippen molar-refractivity contribution in [1.29, 1.82) is 0 Å². The molecule has 2 rings (SSSR count). The number of ether oxygens (including phenoxy) is 2. The van der Waals surface area contributed by atoms with Gasteiger partial charge in [-0.3, -0.25) is 4.79 Å². The predicted octanol–water partition coefficient (Wildman–Crippen LogP) is 2.17. The van der Waals surface area contributed by atoms with E-state index >= 15 is 0 Å². The number of carbonyl (C=O) groups is 2. The number of pyridine rings is 1. The molecule has 6 heteroatoms. The fraction of sp³-hybridized carbons (Fsp3) is 0.188. The van der Waals surface area contributed by atoms with Gasteiger partial charge in [0.05, 0.1) is 0 Å². The first-order chi connectivity index (χ1) is 10.6. The van der Waals surface area contributed by atoms with E-state index < -0.39 is 12.1 Å². The van der Waals surface area contributed by atoms with Gasteiger partial charge in [0.15, 0.2) is 6.10 Å². The quantitative estimate of drug-likeness (QED) is 0.856. The zero-order valence-corrected chi connectivity index (χ0v) is 12.3. The Morgan fingerprint density at radius 2 is 1.86 bits per heavy atom. The number of nitrogens with zero attached hydrogens (tertiary/aromatic N) is 1. The summed E-state index contributed by atoms with van der Waals surface area (Å²) in [7, 11) is 1.47. The van der Waals surface area contributed by atoms with E-state index in [1.54, 1.807) is 18.2 Å². The Bertz CT molecular complexity index is 658. The Morgan fingerprint density at radius 1 is 1.14 bits per heavy atom. The van der Waals surface area contributed by atoms with Gasteiger partial charge in [0.1, 0.15) is 11.3 Å². The summed E-state index contributed by atoms with van der Waals surface area (Å²) in [6.45, 7) is 1.49. The maximum absolute atomic E-state index is 12.2. The van der Waals surface area contributed by atoms with Gasteiger partial charge in [0.25, 0.3) is 5.91 Å². The molecule has 6 nitrogen and oxygen atoms in total. The summed E-state index contributed by atoms with van der Waals surface area (Å²) in [5, 5.41) is 2.41. The van der Waals surface area contributed by atoms with Gasteiger partial charge in [0, 0.05) is 13.2 Å². The molecular formula is C16H16N2O4. The number of esters is 1. The highest BCUT2D eigenvalue weighted by atomic mass is 16.6. The summed E-state index contributed by atoms with van der Waals surface area (Å²) >= 11 is 0. The first-order valence-electron chi connectivity index (χ1n) is 6.72. The second-order valence-corrected chi connectivity index (χ2v) is 4.43. The van der Waals surface area contributed by atoms with Gasteiger partial charge in [-0.05, 0) is 31.2 Å². The predicted molar refractivity (Wildman–Crippen MR) is 79.7 cm³/mol. The molecule has 0 spiro atoms. The highest BCUT2D eigenvalue weighted by molar-refractivity contribution is 5.94. The standard InChI is InChI=1S/C16H16N2O4/c1-11(14(19)17-2)21-16(20)13-9-6-10-18-15(13)22-12-7-4-3-5-8-12/h3-11H,1-2H3,(H,17,19). The van der Waals surface area contributed by atoms with Crippen LogP contribution in [0.15, 0.2) is 48.7 Å². The Morgan fingerprint density at radius 3 is 2.55 bits per heavy atom. The molecule has 1 N–H and O–H groups in total. The van der Waals surface area contributed by atoms with Crippen LogP contribution in [0.3, 0.4) is 0 Å². The number of para-hydroxylation sites is 1. The average Bonchev–Trinajstić information content (AvgIpc) is 2.55. The second-order valence-electron chi connectivity index (χ2n) is 4.43. The molecule has 0 aliphatic rings. The molecule has 0 radical (unpaired) electrons. The average molecular weight is 300 g/mol. The molecule has 1 amide bonds. The number of hydrogen-bond donors (Lipinski definition) is 1. The fourth-order valence-corrected chi connectivity index (χ4v) is 1.71. The number of aromatic nitrogens is 1. The molecule has 0 aliphatic carbocycles. The molecule has 22 heavy (non-hydrogen) atoms. The molecule has 0 bridgehead atoms. The summed E-state index contributed by atoms with van der Waals surface area (Å²) in [4.78, 5) is 27.6. The molecule has 1 heterocycles. The highest BCUT2D eigenvalue weighted by Crippen LogP contribution is 2.23. The third-order valence-corrected chi connectivity index (χ3v) is 2.85. The van der Waals surface area contributed by atoms with Crippen LogP contribution in [0.5, 0.6) is 11.6 Å². The SMILES string of the molecule is CNC(=O)C(C)OC(=O)c1cccnc1Oc1ccccc1. The van der Waals surface area contributed by atoms with E-state index in [1.807, 2.05) is 18.2 Å². The summed E-state index contributed by atoms with van der Waals surface area (Å²) in [6.07, 6.45) is 0.610. The summed E-state index contributed by atoms with van der Waals surface area (Å²) in [5.41, 5.74) is 0.155. The van der Waals surface area contributed by atoms with Gasteiger partial charge < -0.3 is 14.8 Å². The Kier molecular flexibility index (Phi) is 5.08. The van der Waals surface area contributed by atoms with Crippen LogP contribution in [-0.2, 0) is 9.53 Å². The molecule has 1 atom stereocenters. The van der Waals surface area contributed by atoms with Crippen LogP contribution >= 0.6 is 0 Å². The van der Waals surface area contributed by atoms with Gasteiger partial charge in [-0.15, -0.1) is 0 Å².